The first-order valence-electron chi connectivity index (χ1n) is 4.41. The van der Waals surface area contributed by atoms with Gasteiger partial charge < -0.3 is 9.64 Å². The van der Waals surface area contributed by atoms with Crippen molar-refractivity contribution in [3.8, 4) is 0 Å². The van der Waals surface area contributed by atoms with Gasteiger partial charge in [-0.3, -0.25) is 0 Å². The lowest BCUT2D eigenvalue weighted by Crippen LogP contribution is -2.12. The van der Waals surface area contributed by atoms with Gasteiger partial charge in [0.15, 0.2) is 0 Å². The zero-order valence-electron chi connectivity index (χ0n) is 8.10. The Hall–Kier alpha value is -0.0800. The number of nitrogens with zero attached hydrogens (tertiary/aromatic N) is 1. The zero-order valence-corrected chi connectivity index (χ0v) is 8.10. The van der Waals surface area contributed by atoms with E-state index in [0.717, 1.165) is 6.61 Å². The zero-order chi connectivity index (χ0) is 8.53. The van der Waals surface area contributed by atoms with E-state index in [1.165, 1.54) is 32.2 Å². The largest absolute Gasteiger partial charge is 0.385 e. The Balaban J connectivity index is 0. The Labute approximate surface area is 77.9 Å². The van der Waals surface area contributed by atoms with Gasteiger partial charge in [0.2, 0.25) is 0 Å². The molecule has 0 unspecified atom stereocenters. The van der Waals surface area contributed by atoms with Crippen LogP contribution in [-0.2, 0) is 4.74 Å². The van der Waals surface area contributed by atoms with Gasteiger partial charge in [-0.1, -0.05) is 20.3 Å². The maximum atomic E-state index is 4.96. The van der Waals surface area contributed by atoms with Crippen LogP contribution in [-0.4, -0.2) is 39.3 Å². The second kappa shape index (κ2) is 10.9. The average molecular weight is 175 g/mol. The number of unbranched alkanes of at least 4 members (excludes halogenated alkanes) is 3. The minimum Gasteiger partial charge on any atom is -0.385 e. The van der Waals surface area contributed by atoms with Gasteiger partial charge >= 0.3 is 0 Å². The molecule has 0 saturated heterocycles. The monoisotopic (exact) mass is 175 g/mol. The van der Waals surface area contributed by atoms with Gasteiger partial charge in [0.05, 0.1) is 0 Å². The SMILES string of the molecule is C.COCCCCCCN(C)C. The average Bonchev–Trinajstić information content (AvgIpc) is 1.96. The molecule has 0 saturated carbocycles. The highest BCUT2D eigenvalue weighted by Crippen LogP contribution is 1.99. The van der Waals surface area contributed by atoms with Crippen molar-refractivity contribution in [2.24, 2.45) is 0 Å². The number of ether oxygens (including phenoxy) is 1. The number of hydrogen-bond acceptors (Lipinski definition) is 2. The molecular weight excluding hydrogens is 150 g/mol. The predicted octanol–water partition coefficient (Wildman–Crippen LogP) is 2.39. The van der Waals surface area contributed by atoms with Crippen molar-refractivity contribution in [1.82, 2.24) is 4.90 Å². The summed E-state index contributed by atoms with van der Waals surface area (Å²) < 4.78 is 4.96. The minimum absolute atomic E-state index is 0. The molecule has 0 aromatic heterocycles. The number of rotatable bonds is 7. The summed E-state index contributed by atoms with van der Waals surface area (Å²) in [5, 5.41) is 0. The van der Waals surface area contributed by atoms with Crippen molar-refractivity contribution >= 4 is 0 Å². The van der Waals surface area contributed by atoms with Crippen molar-refractivity contribution in [1.29, 1.82) is 0 Å². The second-order valence-corrected chi connectivity index (χ2v) is 3.21. The molecule has 0 atom stereocenters. The minimum atomic E-state index is 0. The molecule has 0 fully saturated rings. The molecule has 12 heavy (non-hydrogen) atoms. The van der Waals surface area contributed by atoms with Crippen molar-refractivity contribution in [2.45, 2.75) is 33.1 Å². The Bertz CT molecular complexity index is 74.2. The smallest absolute Gasteiger partial charge is 0.0462 e. The van der Waals surface area contributed by atoms with E-state index in [1.807, 2.05) is 0 Å². The topological polar surface area (TPSA) is 12.5 Å². The van der Waals surface area contributed by atoms with E-state index in [-0.39, 0.29) is 7.43 Å². The van der Waals surface area contributed by atoms with Gasteiger partial charge in [-0.25, -0.2) is 0 Å². The third-order valence-corrected chi connectivity index (χ3v) is 1.70. The highest BCUT2D eigenvalue weighted by atomic mass is 16.5. The van der Waals surface area contributed by atoms with Gasteiger partial charge in [0, 0.05) is 13.7 Å². The predicted molar refractivity (Wildman–Crippen MR) is 55.6 cm³/mol. The summed E-state index contributed by atoms with van der Waals surface area (Å²) in [4.78, 5) is 2.23. The van der Waals surface area contributed by atoms with Gasteiger partial charge in [-0.05, 0) is 33.5 Å². The van der Waals surface area contributed by atoms with Crippen LogP contribution >= 0.6 is 0 Å². The highest BCUT2D eigenvalue weighted by Gasteiger charge is 1.91. The van der Waals surface area contributed by atoms with E-state index in [9.17, 15) is 0 Å². The summed E-state index contributed by atoms with van der Waals surface area (Å²) in [6.45, 7) is 2.13. The van der Waals surface area contributed by atoms with Gasteiger partial charge in [-0.2, -0.15) is 0 Å². The molecular formula is C10H25NO. The molecule has 0 aromatic carbocycles. The molecule has 2 heteroatoms. The Morgan fingerprint density at radius 3 is 2.08 bits per heavy atom. The summed E-state index contributed by atoms with van der Waals surface area (Å²) in [5.74, 6) is 0. The normalized spacial score (nSPS) is 10.0. The fourth-order valence-corrected chi connectivity index (χ4v) is 1.03. The Morgan fingerprint density at radius 1 is 1.00 bits per heavy atom. The third-order valence-electron chi connectivity index (χ3n) is 1.70. The van der Waals surface area contributed by atoms with Crippen LogP contribution in [0, 0.1) is 0 Å². The summed E-state index contributed by atoms with van der Waals surface area (Å²) in [6, 6.07) is 0. The maximum Gasteiger partial charge on any atom is 0.0462 e. The van der Waals surface area contributed by atoms with Crippen LogP contribution in [0.3, 0.4) is 0 Å². The molecule has 0 N–H and O–H groups in total. The van der Waals surface area contributed by atoms with Crippen LogP contribution in [0.5, 0.6) is 0 Å². The van der Waals surface area contributed by atoms with Crippen LogP contribution in [0.4, 0.5) is 0 Å². The Morgan fingerprint density at radius 2 is 1.58 bits per heavy atom. The van der Waals surface area contributed by atoms with Crippen LogP contribution in [0.15, 0.2) is 0 Å². The number of hydrogen-bond donors (Lipinski definition) is 0. The van der Waals surface area contributed by atoms with Gasteiger partial charge in [-0.15, -0.1) is 0 Å². The first-order chi connectivity index (χ1) is 5.27. The van der Waals surface area contributed by atoms with E-state index in [1.54, 1.807) is 7.11 Å². The van der Waals surface area contributed by atoms with E-state index in [0.29, 0.717) is 0 Å². The molecule has 0 spiro atoms. The standard InChI is InChI=1S/C9H21NO.CH4/c1-10(2)8-6-4-5-7-9-11-3;/h4-9H2,1-3H3;1H4. The molecule has 2 nitrogen and oxygen atoms in total. The Kier molecular flexibility index (Phi) is 13.1. The van der Waals surface area contributed by atoms with Crippen LogP contribution in [0.1, 0.15) is 33.1 Å². The van der Waals surface area contributed by atoms with Crippen molar-refractivity contribution in [3.05, 3.63) is 0 Å². The molecule has 0 radical (unpaired) electrons. The molecule has 76 valence electrons. The molecule has 0 aromatic rings. The van der Waals surface area contributed by atoms with E-state index < -0.39 is 0 Å². The van der Waals surface area contributed by atoms with E-state index in [4.69, 9.17) is 4.74 Å². The van der Waals surface area contributed by atoms with Crippen LogP contribution in [0.2, 0.25) is 0 Å². The first-order valence-corrected chi connectivity index (χ1v) is 4.41. The lowest BCUT2D eigenvalue weighted by molar-refractivity contribution is 0.191. The van der Waals surface area contributed by atoms with Gasteiger partial charge in [0.25, 0.3) is 0 Å². The van der Waals surface area contributed by atoms with E-state index >= 15 is 0 Å². The molecule has 0 aliphatic heterocycles. The van der Waals surface area contributed by atoms with Crippen molar-refractivity contribution in [2.75, 3.05) is 34.4 Å². The summed E-state index contributed by atoms with van der Waals surface area (Å²) >= 11 is 0. The molecule has 0 amide bonds. The quantitative estimate of drug-likeness (QED) is 0.551. The lowest BCUT2D eigenvalue weighted by Gasteiger charge is -2.08. The molecule has 0 aliphatic carbocycles. The fourth-order valence-electron chi connectivity index (χ4n) is 1.03. The second-order valence-electron chi connectivity index (χ2n) is 3.21. The first kappa shape index (κ1) is 14.4. The summed E-state index contributed by atoms with van der Waals surface area (Å²) in [6.07, 6.45) is 5.17. The van der Waals surface area contributed by atoms with E-state index in [2.05, 4.69) is 19.0 Å². The van der Waals surface area contributed by atoms with Crippen LogP contribution in [0.25, 0.3) is 0 Å². The lowest BCUT2D eigenvalue weighted by atomic mass is 10.2. The molecule has 0 aliphatic rings. The maximum absolute atomic E-state index is 4.96. The molecule has 0 heterocycles. The van der Waals surface area contributed by atoms with Crippen LogP contribution < -0.4 is 0 Å². The highest BCUT2D eigenvalue weighted by molar-refractivity contribution is 4.46. The summed E-state index contributed by atoms with van der Waals surface area (Å²) in [7, 11) is 6.00. The third kappa shape index (κ3) is 12.6. The summed E-state index contributed by atoms with van der Waals surface area (Å²) in [5.41, 5.74) is 0. The van der Waals surface area contributed by atoms with Crippen molar-refractivity contribution < 1.29 is 4.74 Å². The number of methoxy groups -OCH3 is 1. The fraction of sp³-hybridized carbons (Fsp3) is 1.00. The van der Waals surface area contributed by atoms with Gasteiger partial charge in [0.1, 0.15) is 0 Å². The van der Waals surface area contributed by atoms with Crippen molar-refractivity contribution in [3.63, 3.8) is 0 Å². The molecule has 0 bridgehead atoms. The molecule has 0 rings (SSSR count).